The number of hydrogen-bond acceptors (Lipinski definition) is 5. The maximum atomic E-state index is 11.0. The highest BCUT2D eigenvalue weighted by Gasteiger charge is 2.24. The number of nitro groups is 1. The van der Waals surface area contributed by atoms with Crippen LogP contribution in [0.25, 0.3) is 0 Å². The van der Waals surface area contributed by atoms with Crippen molar-refractivity contribution in [3.63, 3.8) is 0 Å². The van der Waals surface area contributed by atoms with Gasteiger partial charge in [0.1, 0.15) is 0 Å². The molecule has 0 saturated heterocycles. The molecule has 2 atom stereocenters. The molecular weight excluding hydrogens is 270 g/mol. The number of anilines is 2. The van der Waals surface area contributed by atoms with E-state index in [1.54, 1.807) is 19.2 Å². The highest BCUT2D eigenvalue weighted by molar-refractivity contribution is 5.63. The van der Waals surface area contributed by atoms with E-state index in [4.69, 9.17) is 4.74 Å². The van der Waals surface area contributed by atoms with Crippen LogP contribution in [0.2, 0.25) is 0 Å². The van der Waals surface area contributed by atoms with E-state index in [1.165, 1.54) is 0 Å². The van der Waals surface area contributed by atoms with Gasteiger partial charge in [0.2, 0.25) is 0 Å². The van der Waals surface area contributed by atoms with Crippen molar-refractivity contribution in [1.29, 1.82) is 0 Å². The molecule has 1 fully saturated rings. The van der Waals surface area contributed by atoms with Crippen molar-refractivity contribution < 1.29 is 9.66 Å². The predicted molar refractivity (Wildman–Crippen MR) is 83.9 cm³/mol. The Kier molecular flexibility index (Phi) is 5.38. The fraction of sp³-hybridized carbons (Fsp3) is 0.600. The molecule has 6 heteroatoms. The van der Waals surface area contributed by atoms with Gasteiger partial charge in [0.25, 0.3) is 5.69 Å². The molecule has 1 aliphatic rings. The monoisotopic (exact) mass is 293 g/mol. The largest absolute Gasteiger partial charge is 0.385 e. The lowest BCUT2D eigenvalue weighted by Crippen LogP contribution is -2.17. The fourth-order valence-electron chi connectivity index (χ4n) is 2.69. The van der Waals surface area contributed by atoms with Crippen molar-refractivity contribution in [2.45, 2.75) is 44.8 Å². The maximum absolute atomic E-state index is 11.0. The summed E-state index contributed by atoms with van der Waals surface area (Å²) in [4.78, 5) is 10.7. The van der Waals surface area contributed by atoms with Crippen molar-refractivity contribution in [2.75, 3.05) is 24.3 Å². The normalized spacial score (nSPS) is 21.2. The summed E-state index contributed by atoms with van der Waals surface area (Å²) in [5.41, 5.74) is 1.69. The minimum Gasteiger partial charge on any atom is -0.385 e. The van der Waals surface area contributed by atoms with Gasteiger partial charge in [-0.3, -0.25) is 10.1 Å². The van der Waals surface area contributed by atoms with Crippen LogP contribution in [0.3, 0.4) is 0 Å². The molecular formula is C15H23N3O3. The van der Waals surface area contributed by atoms with Gasteiger partial charge < -0.3 is 15.4 Å². The van der Waals surface area contributed by atoms with E-state index in [-0.39, 0.29) is 10.6 Å². The molecule has 0 spiro atoms. The Bertz CT molecular complexity index is 493. The molecule has 0 amide bonds. The first-order valence-electron chi connectivity index (χ1n) is 7.45. The lowest BCUT2D eigenvalue weighted by atomic mass is 10.2. The minimum atomic E-state index is -0.352. The Balaban J connectivity index is 2.10. The first-order chi connectivity index (χ1) is 10.1. The van der Waals surface area contributed by atoms with Gasteiger partial charge in [0.05, 0.1) is 11.0 Å². The van der Waals surface area contributed by atoms with Crippen molar-refractivity contribution in [1.82, 2.24) is 0 Å². The van der Waals surface area contributed by atoms with Crippen LogP contribution in [-0.4, -0.2) is 30.7 Å². The molecule has 0 radical (unpaired) electrons. The van der Waals surface area contributed by atoms with Gasteiger partial charge in [0, 0.05) is 43.2 Å². The second kappa shape index (κ2) is 7.26. The standard InChI is InChI=1S/C15H23N3O3/c1-3-6-16-12-7-13(9-14(8-12)18(19)20)17-11-4-5-15(10-11)21-2/h7-9,11,15-17H,3-6,10H2,1-2H3. The van der Waals surface area contributed by atoms with E-state index >= 15 is 0 Å². The Hall–Kier alpha value is -1.82. The Morgan fingerprint density at radius 3 is 2.71 bits per heavy atom. The second-order valence-electron chi connectivity index (χ2n) is 5.46. The lowest BCUT2D eigenvalue weighted by Gasteiger charge is -2.15. The van der Waals surface area contributed by atoms with Crippen LogP contribution in [-0.2, 0) is 4.74 Å². The summed E-state index contributed by atoms with van der Waals surface area (Å²) < 4.78 is 5.36. The zero-order chi connectivity index (χ0) is 15.2. The molecule has 2 unspecified atom stereocenters. The SMILES string of the molecule is CCCNc1cc(NC2CCC(OC)C2)cc([N+](=O)[O-])c1. The summed E-state index contributed by atoms with van der Waals surface area (Å²) in [6, 6.07) is 5.42. The zero-order valence-corrected chi connectivity index (χ0v) is 12.6. The molecule has 116 valence electrons. The summed E-state index contributed by atoms with van der Waals surface area (Å²) in [7, 11) is 1.73. The van der Waals surface area contributed by atoms with Crippen molar-refractivity contribution >= 4 is 17.1 Å². The van der Waals surface area contributed by atoms with E-state index in [0.717, 1.165) is 43.6 Å². The van der Waals surface area contributed by atoms with E-state index in [1.807, 2.05) is 6.07 Å². The highest BCUT2D eigenvalue weighted by atomic mass is 16.6. The zero-order valence-electron chi connectivity index (χ0n) is 12.6. The van der Waals surface area contributed by atoms with Gasteiger partial charge >= 0.3 is 0 Å². The van der Waals surface area contributed by atoms with Crippen LogP contribution in [0.15, 0.2) is 18.2 Å². The molecule has 6 nitrogen and oxygen atoms in total. The summed E-state index contributed by atoms with van der Waals surface area (Å²) in [5.74, 6) is 0. The number of benzene rings is 1. The van der Waals surface area contributed by atoms with Gasteiger partial charge in [-0.25, -0.2) is 0 Å². The number of non-ortho nitro benzene ring substituents is 1. The third kappa shape index (κ3) is 4.32. The lowest BCUT2D eigenvalue weighted by molar-refractivity contribution is -0.384. The summed E-state index contributed by atoms with van der Waals surface area (Å²) in [6.45, 7) is 2.86. The molecule has 1 saturated carbocycles. The topological polar surface area (TPSA) is 76.4 Å². The number of nitrogens with zero attached hydrogens (tertiary/aromatic N) is 1. The third-order valence-corrected chi connectivity index (χ3v) is 3.80. The number of hydrogen-bond donors (Lipinski definition) is 2. The van der Waals surface area contributed by atoms with E-state index in [2.05, 4.69) is 17.6 Å². The van der Waals surface area contributed by atoms with Crippen LogP contribution in [0.5, 0.6) is 0 Å². The number of methoxy groups -OCH3 is 1. The van der Waals surface area contributed by atoms with E-state index in [0.29, 0.717) is 12.1 Å². The number of nitrogens with one attached hydrogen (secondary N) is 2. The van der Waals surface area contributed by atoms with Gasteiger partial charge in [-0.15, -0.1) is 0 Å². The average molecular weight is 293 g/mol. The van der Waals surface area contributed by atoms with Gasteiger partial charge in [-0.05, 0) is 31.7 Å². The van der Waals surface area contributed by atoms with Crippen LogP contribution < -0.4 is 10.6 Å². The molecule has 21 heavy (non-hydrogen) atoms. The summed E-state index contributed by atoms with van der Waals surface area (Å²) in [5, 5.41) is 17.6. The molecule has 1 aliphatic carbocycles. The molecule has 0 heterocycles. The first kappa shape index (κ1) is 15.6. The van der Waals surface area contributed by atoms with Gasteiger partial charge in [-0.1, -0.05) is 6.92 Å². The third-order valence-electron chi connectivity index (χ3n) is 3.80. The summed E-state index contributed by atoms with van der Waals surface area (Å²) in [6.07, 6.45) is 4.27. The fourth-order valence-corrected chi connectivity index (χ4v) is 2.69. The smallest absolute Gasteiger partial charge is 0.273 e. The molecule has 2 N–H and O–H groups in total. The van der Waals surface area contributed by atoms with Crippen LogP contribution >= 0.6 is 0 Å². The number of nitro benzene ring substituents is 1. The van der Waals surface area contributed by atoms with Crippen molar-refractivity contribution in [3.05, 3.63) is 28.3 Å². The molecule has 0 bridgehead atoms. The van der Waals surface area contributed by atoms with Crippen molar-refractivity contribution in [2.24, 2.45) is 0 Å². The Labute approximate surface area is 125 Å². The molecule has 1 aromatic carbocycles. The molecule has 1 aromatic rings. The number of rotatable bonds is 7. The van der Waals surface area contributed by atoms with Gasteiger partial charge in [-0.2, -0.15) is 0 Å². The Morgan fingerprint density at radius 1 is 1.33 bits per heavy atom. The van der Waals surface area contributed by atoms with Crippen LogP contribution in [0.4, 0.5) is 17.1 Å². The highest BCUT2D eigenvalue weighted by Crippen LogP contribution is 2.29. The molecule has 0 aromatic heterocycles. The Morgan fingerprint density at radius 2 is 2.10 bits per heavy atom. The van der Waals surface area contributed by atoms with Crippen molar-refractivity contribution in [3.8, 4) is 0 Å². The van der Waals surface area contributed by atoms with E-state index < -0.39 is 0 Å². The van der Waals surface area contributed by atoms with Gasteiger partial charge in [0.15, 0.2) is 0 Å². The predicted octanol–water partition coefficient (Wildman–Crippen LogP) is 3.40. The average Bonchev–Trinajstić information content (AvgIpc) is 2.92. The maximum Gasteiger partial charge on any atom is 0.273 e. The van der Waals surface area contributed by atoms with Crippen LogP contribution in [0, 0.1) is 10.1 Å². The molecule has 2 rings (SSSR count). The quantitative estimate of drug-likeness (QED) is 0.595. The molecule has 0 aliphatic heterocycles. The van der Waals surface area contributed by atoms with Crippen LogP contribution in [0.1, 0.15) is 32.6 Å². The summed E-state index contributed by atoms with van der Waals surface area (Å²) >= 11 is 0. The van der Waals surface area contributed by atoms with E-state index in [9.17, 15) is 10.1 Å². The second-order valence-corrected chi connectivity index (χ2v) is 5.46. The number of ether oxygens (including phenoxy) is 1. The minimum absolute atomic E-state index is 0.111. The first-order valence-corrected chi connectivity index (χ1v) is 7.45.